The standard InChI is InChI=1S/C24H28N6O3/c31-22-5-4-20(23(32)27-22)29-14-19-15(2-1-3-18(19)24(29)33)13-28-8-6-17(7-9-28)30-21-12-25-10-16(21)11-26-30/h1-3,11,17,20,25H,4-10,12-14H2,(H,27,31,32). The first-order chi connectivity index (χ1) is 16.1. The van der Waals surface area contributed by atoms with Gasteiger partial charge < -0.3 is 10.2 Å². The van der Waals surface area contributed by atoms with E-state index >= 15 is 0 Å². The monoisotopic (exact) mass is 448 g/mol. The molecule has 2 saturated heterocycles. The highest BCUT2D eigenvalue weighted by molar-refractivity contribution is 6.05. The van der Waals surface area contributed by atoms with Crippen LogP contribution in [0.4, 0.5) is 0 Å². The third kappa shape index (κ3) is 3.55. The van der Waals surface area contributed by atoms with E-state index in [0.29, 0.717) is 24.6 Å². The van der Waals surface area contributed by atoms with Gasteiger partial charge >= 0.3 is 0 Å². The van der Waals surface area contributed by atoms with Crippen LogP contribution >= 0.6 is 0 Å². The molecule has 1 aromatic heterocycles. The molecule has 0 saturated carbocycles. The van der Waals surface area contributed by atoms with Crippen LogP contribution in [0, 0.1) is 0 Å². The van der Waals surface area contributed by atoms with E-state index in [2.05, 4.69) is 31.4 Å². The van der Waals surface area contributed by atoms with E-state index in [1.54, 1.807) is 4.90 Å². The number of piperidine rings is 2. The highest BCUT2D eigenvalue weighted by Crippen LogP contribution is 2.32. The van der Waals surface area contributed by atoms with Crippen LogP contribution < -0.4 is 10.6 Å². The molecule has 1 atom stereocenters. The van der Waals surface area contributed by atoms with E-state index in [-0.39, 0.29) is 24.1 Å². The number of amides is 3. The molecule has 9 nitrogen and oxygen atoms in total. The number of aromatic nitrogens is 2. The maximum absolute atomic E-state index is 13.1. The lowest BCUT2D eigenvalue weighted by Crippen LogP contribution is -2.52. The predicted octanol–water partition coefficient (Wildman–Crippen LogP) is 1.08. The fourth-order valence-corrected chi connectivity index (χ4v) is 5.76. The van der Waals surface area contributed by atoms with Crippen molar-refractivity contribution >= 4 is 17.7 Å². The summed E-state index contributed by atoms with van der Waals surface area (Å²) in [6.07, 6.45) is 4.78. The summed E-state index contributed by atoms with van der Waals surface area (Å²) >= 11 is 0. The second kappa shape index (κ2) is 8.07. The maximum atomic E-state index is 13.1. The average molecular weight is 449 g/mol. The van der Waals surface area contributed by atoms with E-state index < -0.39 is 6.04 Å². The Hall–Kier alpha value is -3.04. The molecule has 2 fully saturated rings. The summed E-state index contributed by atoms with van der Waals surface area (Å²) in [5.41, 5.74) is 5.51. The zero-order valence-electron chi connectivity index (χ0n) is 18.5. The summed E-state index contributed by atoms with van der Waals surface area (Å²) in [4.78, 5) is 41.0. The van der Waals surface area contributed by atoms with Gasteiger partial charge in [0.2, 0.25) is 11.8 Å². The zero-order valence-corrected chi connectivity index (χ0v) is 18.5. The van der Waals surface area contributed by atoms with Crippen molar-refractivity contribution in [1.29, 1.82) is 0 Å². The highest BCUT2D eigenvalue weighted by atomic mass is 16.2. The number of carbonyl (C=O) groups is 3. The van der Waals surface area contributed by atoms with Gasteiger partial charge in [0.25, 0.3) is 5.91 Å². The number of carbonyl (C=O) groups excluding carboxylic acids is 3. The van der Waals surface area contributed by atoms with Gasteiger partial charge in [0.1, 0.15) is 6.04 Å². The number of imide groups is 1. The first-order valence-electron chi connectivity index (χ1n) is 11.8. The number of hydrogen-bond acceptors (Lipinski definition) is 6. The number of nitrogens with one attached hydrogen (secondary N) is 2. The Morgan fingerprint density at radius 2 is 1.91 bits per heavy atom. The number of hydrogen-bond donors (Lipinski definition) is 2. The first-order valence-corrected chi connectivity index (χ1v) is 11.8. The molecule has 0 bridgehead atoms. The Morgan fingerprint density at radius 1 is 1.06 bits per heavy atom. The first kappa shape index (κ1) is 20.6. The lowest BCUT2D eigenvalue weighted by atomic mass is 10.0. The fraction of sp³-hybridized carbons (Fsp3) is 0.500. The second-order valence-electron chi connectivity index (χ2n) is 9.52. The Labute approximate surface area is 192 Å². The maximum Gasteiger partial charge on any atom is 0.255 e. The van der Waals surface area contributed by atoms with Crippen molar-refractivity contribution in [3.63, 3.8) is 0 Å². The molecule has 2 N–H and O–H groups in total. The van der Waals surface area contributed by atoms with Crippen LogP contribution in [-0.2, 0) is 35.8 Å². The average Bonchev–Trinajstić information content (AvgIpc) is 3.51. The molecule has 172 valence electrons. The zero-order chi connectivity index (χ0) is 22.5. The summed E-state index contributed by atoms with van der Waals surface area (Å²) in [5, 5.41) is 10.4. The van der Waals surface area contributed by atoms with Crippen molar-refractivity contribution in [2.24, 2.45) is 0 Å². The lowest BCUT2D eigenvalue weighted by molar-refractivity contribution is -0.136. The van der Waals surface area contributed by atoms with Gasteiger partial charge in [-0.05, 0) is 36.5 Å². The number of likely N-dealkylation sites (tertiary alicyclic amines) is 1. The van der Waals surface area contributed by atoms with Gasteiger partial charge in [-0.1, -0.05) is 12.1 Å². The summed E-state index contributed by atoms with van der Waals surface area (Å²) < 4.78 is 2.23. The van der Waals surface area contributed by atoms with E-state index in [9.17, 15) is 14.4 Å². The van der Waals surface area contributed by atoms with Gasteiger partial charge in [0, 0.05) is 56.8 Å². The van der Waals surface area contributed by atoms with Gasteiger partial charge in [-0.2, -0.15) is 5.10 Å². The smallest absolute Gasteiger partial charge is 0.255 e. The summed E-state index contributed by atoms with van der Waals surface area (Å²) in [7, 11) is 0. The second-order valence-corrected chi connectivity index (χ2v) is 9.52. The van der Waals surface area contributed by atoms with Gasteiger partial charge in [0.05, 0.1) is 17.9 Å². The Kier molecular flexibility index (Phi) is 5.03. The normalized spacial score (nSPS) is 23.7. The van der Waals surface area contributed by atoms with Gasteiger partial charge in [-0.3, -0.25) is 29.3 Å². The van der Waals surface area contributed by atoms with Crippen LogP contribution in [0.2, 0.25) is 0 Å². The minimum atomic E-state index is -0.573. The van der Waals surface area contributed by atoms with Crippen LogP contribution in [0.3, 0.4) is 0 Å². The van der Waals surface area contributed by atoms with Crippen LogP contribution in [0.5, 0.6) is 0 Å². The van der Waals surface area contributed by atoms with E-state index in [0.717, 1.165) is 56.7 Å². The molecule has 2 aromatic rings. The summed E-state index contributed by atoms with van der Waals surface area (Å²) in [5.74, 6) is -0.738. The molecule has 4 aliphatic heterocycles. The van der Waals surface area contributed by atoms with Gasteiger partial charge in [-0.15, -0.1) is 0 Å². The van der Waals surface area contributed by atoms with Gasteiger partial charge in [-0.25, -0.2) is 0 Å². The van der Waals surface area contributed by atoms with Crippen LogP contribution in [0.25, 0.3) is 0 Å². The highest BCUT2D eigenvalue weighted by Gasteiger charge is 2.40. The molecule has 9 heteroatoms. The summed E-state index contributed by atoms with van der Waals surface area (Å²) in [6.45, 7) is 5.03. The molecule has 0 aliphatic carbocycles. The predicted molar refractivity (Wildman–Crippen MR) is 119 cm³/mol. The van der Waals surface area contributed by atoms with Crippen molar-refractivity contribution in [1.82, 2.24) is 30.2 Å². The summed E-state index contributed by atoms with van der Waals surface area (Å²) in [6, 6.07) is 5.75. The minimum Gasteiger partial charge on any atom is -0.322 e. The van der Waals surface area contributed by atoms with E-state index in [4.69, 9.17) is 0 Å². The quantitative estimate of drug-likeness (QED) is 0.680. The number of fused-ring (bicyclic) bond motifs is 2. The van der Waals surface area contributed by atoms with E-state index in [1.165, 1.54) is 11.3 Å². The molecule has 0 radical (unpaired) electrons. The number of nitrogens with zero attached hydrogens (tertiary/aromatic N) is 4. The third-order valence-electron chi connectivity index (χ3n) is 7.57. The van der Waals surface area contributed by atoms with Crippen LogP contribution in [-0.4, -0.2) is 56.4 Å². The number of rotatable bonds is 4. The van der Waals surface area contributed by atoms with E-state index in [1.807, 2.05) is 18.3 Å². The number of benzene rings is 1. The molecule has 4 aliphatic rings. The van der Waals surface area contributed by atoms with Crippen molar-refractivity contribution in [2.75, 3.05) is 13.1 Å². The molecular formula is C24H28N6O3. The molecule has 6 rings (SSSR count). The molecule has 33 heavy (non-hydrogen) atoms. The lowest BCUT2D eigenvalue weighted by Gasteiger charge is -2.33. The molecule has 1 aromatic carbocycles. The molecule has 0 spiro atoms. The molecule has 5 heterocycles. The molecular weight excluding hydrogens is 420 g/mol. The van der Waals surface area contributed by atoms with Crippen LogP contribution in [0.1, 0.15) is 64.5 Å². The largest absolute Gasteiger partial charge is 0.322 e. The van der Waals surface area contributed by atoms with Crippen molar-refractivity contribution in [3.8, 4) is 0 Å². The van der Waals surface area contributed by atoms with Gasteiger partial charge in [0.15, 0.2) is 0 Å². The fourth-order valence-electron chi connectivity index (χ4n) is 5.76. The third-order valence-corrected chi connectivity index (χ3v) is 7.57. The van der Waals surface area contributed by atoms with Crippen LogP contribution in [0.15, 0.2) is 24.4 Å². The SMILES string of the molecule is O=C1CCC(N2Cc3c(CN4CCC(n5ncc6c5CNC6)CC4)cccc3C2=O)C(=O)N1. The topological polar surface area (TPSA) is 99.6 Å². The minimum absolute atomic E-state index is 0.110. The van der Waals surface area contributed by atoms with Crippen molar-refractivity contribution in [3.05, 3.63) is 52.3 Å². The van der Waals surface area contributed by atoms with Crippen molar-refractivity contribution in [2.45, 2.75) is 63.9 Å². The van der Waals surface area contributed by atoms with Crippen molar-refractivity contribution < 1.29 is 14.4 Å². The Bertz CT molecular complexity index is 1130. The molecule has 3 amide bonds. The molecule has 1 unspecified atom stereocenters. The Balaban J connectivity index is 1.13. The Morgan fingerprint density at radius 3 is 2.73 bits per heavy atom.